The van der Waals surface area contributed by atoms with Crippen LogP contribution in [0.25, 0.3) is 5.57 Å². The maximum atomic E-state index is 12.7. The molecule has 1 aromatic heterocycles. The van der Waals surface area contributed by atoms with E-state index in [9.17, 15) is 10.1 Å². The van der Waals surface area contributed by atoms with Crippen LogP contribution in [0.2, 0.25) is 0 Å². The fraction of sp³-hybridized carbons (Fsp3) is 0.105. The summed E-state index contributed by atoms with van der Waals surface area (Å²) in [5.41, 5.74) is 4.16. The van der Waals surface area contributed by atoms with Crippen LogP contribution < -0.4 is 10.6 Å². The highest BCUT2D eigenvalue weighted by molar-refractivity contribution is 6.08. The van der Waals surface area contributed by atoms with E-state index in [1.165, 1.54) is 6.20 Å². The van der Waals surface area contributed by atoms with E-state index in [4.69, 9.17) is 0 Å². The molecule has 2 aromatic carbocycles. The van der Waals surface area contributed by atoms with Gasteiger partial charge in [0.1, 0.15) is 11.6 Å². The number of H-pyrrole nitrogens is 1. The van der Waals surface area contributed by atoms with Crippen molar-refractivity contribution in [3.05, 3.63) is 71.2 Å². The number of hydrogen-bond acceptors (Lipinski definition) is 6. The Morgan fingerprint density at radius 1 is 1.19 bits per heavy atom. The lowest BCUT2D eigenvalue weighted by Crippen LogP contribution is -2.14. The Hall–Kier alpha value is -3.99. The number of aryl methyl sites for hydroxylation is 2. The van der Waals surface area contributed by atoms with Gasteiger partial charge in [0, 0.05) is 11.9 Å². The van der Waals surface area contributed by atoms with Gasteiger partial charge >= 0.3 is 0 Å². The van der Waals surface area contributed by atoms with Gasteiger partial charge in [0.05, 0.1) is 11.3 Å². The number of tetrazole rings is 1. The van der Waals surface area contributed by atoms with Crippen molar-refractivity contribution in [2.24, 2.45) is 0 Å². The normalized spacial score (nSPS) is 10.9. The van der Waals surface area contributed by atoms with Crippen LogP contribution in [-0.4, -0.2) is 26.5 Å². The van der Waals surface area contributed by atoms with Crippen molar-refractivity contribution in [1.29, 1.82) is 5.26 Å². The highest BCUT2D eigenvalue weighted by Crippen LogP contribution is 2.20. The largest absolute Gasteiger partial charge is 0.360 e. The molecule has 0 aliphatic rings. The lowest BCUT2D eigenvalue weighted by atomic mass is 10.1. The number of benzene rings is 2. The summed E-state index contributed by atoms with van der Waals surface area (Å²) in [7, 11) is 0. The van der Waals surface area contributed by atoms with Gasteiger partial charge in [0.25, 0.3) is 5.91 Å². The second-order valence-electron chi connectivity index (χ2n) is 5.85. The van der Waals surface area contributed by atoms with Crippen LogP contribution in [0.1, 0.15) is 27.3 Å². The summed E-state index contributed by atoms with van der Waals surface area (Å²) in [5, 5.41) is 28.4. The van der Waals surface area contributed by atoms with Crippen LogP contribution in [-0.2, 0) is 0 Å². The maximum Gasteiger partial charge on any atom is 0.257 e. The number of aromatic amines is 1. The highest BCUT2D eigenvalue weighted by Gasteiger charge is 2.12. The van der Waals surface area contributed by atoms with Crippen LogP contribution in [0.4, 0.5) is 11.4 Å². The fourth-order valence-electron chi connectivity index (χ4n) is 2.40. The van der Waals surface area contributed by atoms with E-state index in [0.29, 0.717) is 11.3 Å². The number of amides is 1. The Labute approximate surface area is 155 Å². The Morgan fingerprint density at radius 2 is 2.00 bits per heavy atom. The number of hydrogen-bond donors (Lipinski definition) is 3. The van der Waals surface area contributed by atoms with Crippen molar-refractivity contribution >= 4 is 22.9 Å². The molecule has 0 radical (unpaired) electrons. The van der Waals surface area contributed by atoms with Crippen LogP contribution in [0.5, 0.6) is 0 Å². The zero-order valence-corrected chi connectivity index (χ0v) is 14.8. The van der Waals surface area contributed by atoms with Crippen LogP contribution in [0.3, 0.4) is 0 Å². The van der Waals surface area contributed by atoms with Crippen molar-refractivity contribution in [1.82, 2.24) is 20.6 Å². The van der Waals surface area contributed by atoms with Crippen molar-refractivity contribution in [3.8, 4) is 6.07 Å². The third-order valence-corrected chi connectivity index (χ3v) is 4.02. The van der Waals surface area contributed by atoms with E-state index in [0.717, 1.165) is 16.8 Å². The molecule has 0 bridgehead atoms. The number of nitrogens with zero attached hydrogens (tertiary/aromatic N) is 4. The molecule has 8 heteroatoms. The standard InChI is InChI=1S/C19H17N7O/c1-12-7-8-15(9-13(12)2)22-19(27)16-5-3-4-6-17(16)21-11-14(10-20)18-23-25-26-24-18/h3-9,11,21H,1-2H3,(H,22,27)(H,23,24,25,26). The summed E-state index contributed by atoms with van der Waals surface area (Å²) in [6.07, 6.45) is 1.44. The molecule has 1 heterocycles. The number of allylic oxidation sites excluding steroid dienone is 1. The first-order chi connectivity index (χ1) is 13.1. The zero-order chi connectivity index (χ0) is 19.2. The van der Waals surface area contributed by atoms with E-state index in [1.807, 2.05) is 38.1 Å². The third kappa shape index (κ3) is 4.16. The second kappa shape index (κ2) is 7.93. The molecule has 27 heavy (non-hydrogen) atoms. The first-order valence-electron chi connectivity index (χ1n) is 8.16. The van der Waals surface area contributed by atoms with Crippen LogP contribution in [0, 0.1) is 25.2 Å². The van der Waals surface area contributed by atoms with Crippen molar-refractivity contribution in [2.45, 2.75) is 13.8 Å². The lowest BCUT2D eigenvalue weighted by Gasteiger charge is -2.11. The average molecular weight is 359 g/mol. The van der Waals surface area contributed by atoms with Gasteiger partial charge in [-0.25, -0.2) is 0 Å². The van der Waals surface area contributed by atoms with E-state index < -0.39 is 0 Å². The third-order valence-electron chi connectivity index (χ3n) is 4.02. The Kier molecular flexibility index (Phi) is 5.23. The van der Waals surface area contributed by atoms with Gasteiger partial charge in [-0.15, -0.1) is 10.2 Å². The van der Waals surface area contributed by atoms with E-state index in [-0.39, 0.29) is 17.3 Å². The Balaban J connectivity index is 1.82. The molecule has 0 saturated heterocycles. The number of nitriles is 1. The zero-order valence-electron chi connectivity index (χ0n) is 14.8. The minimum Gasteiger partial charge on any atom is -0.360 e. The summed E-state index contributed by atoms with van der Waals surface area (Å²) in [5.74, 6) is -0.0881. The number of rotatable bonds is 5. The molecular weight excluding hydrogens is 342 g/mol. The van der Waals surface area contributed by atoms with Crippen molar-refractivity contribution < 1.29 is 4.79 Å². The molecule has 0 spiro atoms. The van der Waals surface area contributed by atoms with E-state index in [2.05, 4.69) is 31.3 Å². The van der Waals surface area contributed by atoms with E-state index >= 15 is 0 Å². The summed E-state index contributed by atoms with van der Waals surface area (Å²) in [6, 6.07) is 14.7. The van der Waals surface area contributed by atoms with Gasteiger partial charge in [0.2, 0.25) is 5.82 Å². The maximum absolute atomic E-state index is 12.7. The highest BCUT2D eigenvalue weighted by atomic mass is 16.1. The van der Waals surface area contributed by atoms with E-state index in [1.54, 1.807) is 24.3 Å². The summed E-state index contributed by atoms with van der Waals surface area (Å²) in [4.78, 5) is 12.7. The molecule has 8 nitrogen and oxygen atoms in total. The number of carbonyl (C=O) groups excluding carboxylic acids is 1. The van der Waals surface area contributed by atoms with Crippen molar-refractivity contribution in [3.63, 3.8) is 0 Å². The van der Waals surface area contributed by atoms with Crippen LogP contribution in [0.15, 0.2) is 48.7 Å². The smallest absolute Gasteiger partial charge is 0.257 e. The molecular formula is C19H17N7O. The molecule has 0 aliphatic carbocycles. The first kappa shape index (κ1) is 17.8. The number of nitrogens with one attached hydrogen (secondary N) is 3. The minimum atomic E-state index is -0.257. The number of anilines is 2. The summed E-state index contributed by atoms with van der Waals surface area (Å²) >= 11 is 0. The fourth-order valence-corrected chi connectivity index (χ4v) is 2.40. The monoisotopic (exact) mass is 359 g/mol. The quantitative estimate of drug-likeness (QED) is 0.602. The number of para-hydroxylation sites is 1. The predicted octanol–water partition coefficient (Wildman–Crippen LogP) is 3.05. The molecule has 0 atom stereocenters. The van der Waals surface area contributed by atoms with Gasteiger partial charge in [-0.05, 0) is 54.5 Å². The molecule has 134 valence electrons. The molecule has 0 unspecified atom stereocenters. The molecule has 1 amide bonds. The first-order valence-corrected chi connectivity index (χ1v) is 8.16. The number of carbonyl (C=O) groups is 1. The topological polar surface area (TPSA) is 119 Å². The van der Waals surface area contributed by atoms with Gasteiger partial charge in [0.15, 0.2) is 0 Å². The predicted molar refractivity (Wildman–Crippen MR) is 102 cm³/mol. The Morgan fingerprint density at radius 3 is 2.70 bits per heavy atom. The van der Waals surface area contributed by atoms with Gasteiger partial charge in [-0.2, -0.15) is 10.5 Å². The molecule has 0 aliphatic heterocycles. The van der Waals surface area contributed by atoms with Gasteiger partial charge in [-0.3, -0.25) is 4.79 Å². The Bertz CT molecular complexity index is 1030. The summed E-state index contributed by atoms with van der Waals surface area (Å²) in [6.45, 7) is 4.01. The molecule has 3 N–H and O–H groups in total. The van der Waals surface area contributed by atoms with Gasteiger partial charge in [-0.1, -0.05) is 18.2 Å². The molecule has 3 rings (SSSR count). The van der Waals surface area contributed by atoms with Crippen molar-refractivity contribution in [2.75, 3.05) is 10.6 Å². The minimum absolute atomic E-state index is 0.169. The lowest BCUT2D eigenvalue weighted by molar-refractivity contribution is 0.102. The summed E-state index contributed by atoms with van der Waals surface area (Å²) < 4.78 is 0. The molecule has 3 aromatic rings. The number of aromatic nitrogens is 4. The average Bonchev–Trinajstić information content (AvgIpc) is 3.20. The SMILES string of the molecule is Cc1ccc(NC(=O)c2ccccc2NC=C(C#N)c2nn[nH]n2)cc1C. The molecule has 0 saturated carbocycles. The second-order valence-corrected chi connectivity index (χ2v) is 5.85. The van der Waals surface area contributed by atoms with Crippen LogP contribution >= 0.6 is 0 Å². The van der Waals surface area contributed by atoms with Gasteiger partial charge < -0.3 is 10.6 Å². The molecule has 0 fully saturated rings.